The highest BCUT2D eigenvalue weighted by molar-refractivity contribution is 5.80. The summed E-state index contributed by atoms with van der Waals surface area (Å²) >= 11 is 0. The molecule has 6 heteroatoms. The van der Waals surface area contributed by atoms with E-state index in [4.69, 9.17) is 13.9 Å². The summed E-state index contributed by atoms with van der Waals surface area (Å²) in [6.07, 6.45) is 7.94. The molecule has 3 atom stereocenters. The molecule has 2 aliphatic carbocycles. The Morgan fingerprint density at radius 2 is 2.22 bits per heavy atom. The quantitative estimate of drug-likeness (QED) is 0.572. The lowest BCUT2D eigenvalue weighted by atomic mass is 9.95. The Morgan fingerprint density at radius 1 is 1.30 bits per heavy atom. The normalized spacial score (nSPS) is 24.7. The monoisotopic (exact) mass is 370 g/mol. The standard InChI is InChI=1S/C21H30N4O2/c1-14(2)19-12-18(27-25-19)13-23-21(22-8-7-17-4-3-9-26-17)24-20-11-15-5-6-16(20)10-15/h3-4,9,12,14-16,20H,5-8,10-11,13H2,1-2H3,(H2,22,23,24). The fourth-order valence-electron chi connectivity index (χ4n) is 4.34. The SMILES string of the molecule is CC(C)c1cc(CN=C(NCCc2ccco2)NC2CC3CCC2C3)on1. The Morgan fingerprint density at radius 3 is 2.89 bits per heavy atom. The first kappa shape index (κ1) is 18.1. The van der Waals surface area contributed by atoms with Gasteiger partial charge in [-0.15, -0.1) is 0 Å². The van der Waals surface area contributed by atoms with Gasteiger partial charge in [0.1, 0.15) is 12.3 Å². The molecule has 6 nitrogen and oxygen atoms in total. The van der Waals surface area contributed by atoms with Crippen molar-refractivity contribution in [3.63, 3.8) is 0 Å². The smallest absolute Gasteiger partial charge is 0.191 e. The summed E-state index contributed by atoms with van der Waals surface area (Å²) in [6.45, 7) is 5.51. The summed E-state index contributed by atoms with van der Waals surface area (Å²) in [5.74, 6) is 4.72. The van der Waals surface area contributed by atoms with Crippen molar-refractivity contribution in [1.29, 1.82) is 0 Å². The van der Waals surface area contributed by atoms with Crippen molar-refractivity contribution in [1.82, 2.24) is 15.8 Å². The Labute approximate surface area is 160 Å². The lowest BCUT2D eigenvalue weighted by Crippen LogP contribution is -2.46. The van der Waals surface area contributed by atoms with Gasteiger partial charge in [0.25, 0.3) is 0 Å². The Kier molecular flexibility index (Phi) is 5.50. The number of nitrogens with one attached hydrogen (secondary N) is 2. The third-order valence-corrected chi connectivity index (χ3v) is 5.87. The zero-order valence-electron chi connectivity index (χ0n) is 16.3. The van der Waals surface area contributed by atoms with Gasteiger partial charge in [0.05, 0.1) is 12.0 Å². The van der Waals surface area contributed by atoms with Gasteiger partial charge >= 0.3 is 0 Å². The third-order valence-electron chi connectivity index (χ3n) is 5.87. The first-order valence-corrected chi connectivity index (χ1v) is 10.2. The molecule has 2 heterocycles. The van der Waals surface area contributed by atoms with Gasteiger partial charge in [0.15, 0.2) is 11.7 Å². The van der Waals surface area contributed by atoms with E-state index < -0.39 is 0 Å². The average molecular weight is 370 g/mol. The second kappa shape index (κ2) is 8.19. The molecule has 0 spiro atoms. The van der Waals surface area contributed by atoms with E-state index in [2.05, 4.69) is 29.6 Å². The van der Waals surface area contributed by atoms with Crippen LogP contribution in [-0.4, -0.2) is 23.7 Å². The van der Waals surface area contributed by atoms with Crippen molar-refractivity contribution in [2.45, 2.75) is 64.5 Å². The molecule has 2 aliphatic rings. The van der Waals surface area contributed by atoms with Crippen LogP contribution < -0.4 is 10.6 Å². The molecule has 2 fully saturated rings. The molecule has 0 radical (unpaired) electrons. The third kappa shape index (κ3) is 4.54. The van der Waals surface area contributed by atoms with Gasteiger partial charge < -0.3 is 19.6 Å². The highest BCUT2D eigenvalue weighted by Crippen LogP contribution is 2.44. The van der Waals surface area contributed by atoms with Crippen molar-refractivity contribution in [2.24, 2.45) is 16.8 Å². The molecule has 146 valence electrons. The molecule has 0 saturated heterocycles. The van der Waals surface area contributed by atoms with Crippen LogP contribution in [0.1, 0.15) is 62.7 Å². The Bertz CT molecular complexity index is 750. The minimum atomic E-state index is 0.365. The summed E-state index contributed by atoms with van der Waals surface area (Å²) in [6, 6.07) is 6.48. The van der Waals surface area contributed by atoms with Crippen LogP contribution in [0.4, 0.5) is 0 Å². The molecular formula is C21H30N4O2. The van der Waals surface area contributed by atoms with E-state index in [-0.39, 0.29) is 0 Å². The summed E-state index contributed by atoms with van der Waals surface area (Å²) in [7, 11) is 0. The fraction of sp³-hybridized carbons (Fsp3) is 0.619. The summed E-state index contributed by atoms with van der Waals surface area (Å²) < 4.78 is 10.9. The molecule has 0 aromatic carbocycles. The van der Waals surface area contributed by atoms with Crippen LogP contribution in [-0.2, 0) is 13.0 Å². The van der Waals surface area contributed by atoms with Crippen LogP contribution in [0.2, 0.25) is 0 Å². The summed E-state index contributed by atoms with van der Waals surface area (Å²) in [5.41, 5.74) is 0.980. The molecule has 2 N–H and O–H groups in total. The predicted octanol–water partition coefficient (Wildman–Crippen LogP) is 3.86. The maximum absolute atomic E-state index is 5.43. The van der Waals surface area contributed by atoms with Crippen molar-refractivity contribution in [3.05, 3.63) is 41.7 Å². The number of hydrogen-bond donors (Lipinski definition) is 2. The van der Waals surface area contributed by atoms with Crippen LogP contribution in [0.25, 0.3) is 0 Å². The lowest BCUT2D eigenvalue weighted by Gasteiger charge is -2.25. The number of aromatic nitrogens is 1. The first-order valence-electron chi connectivity index (χ1n) is 10.2. The van der Waals surface area contributed by atoms with E-state index in [0.717, 1.165) is 48.0 Å². The lowest BCUT2D eigenvalue weighted by molar-refractivity contribution is 0.374. The number of guanidine groups is 1. The Balaban J connectivity index is 1.37. The zero-order chi connectivity index (χ0) is 18.6. The van der Waals surface area contributed by atoms with E-state index in [9.17, 15) is 0 Å². The summed E-state index contributed by atoms with van der Waals surface area (Å²) in [4.78, 5) is 4.76. The van der Waals surface area contributed by atoms with E-state index in [0.29, 0.717) is 18.5 Å². The molecule has 2 bridgehead atoms. The molecule has 0 aliphatic heterocycles. The van der Waals surface area contributed by atoms with Crippen molar-refractivity contribution in [3.8, 4) is 0 Å². The van der Waals surface area contributed by atoms with E-state index in [1.165, 1.54) is 25.7 Å². The number of furan rings is 1. The maximum atomic E-state index is 5.43. The number of fused-ring (bicyclic) bond motifs is 2. The average Bonchev–Trinajstić information content (AvgIpc) is 3.43. The fourth-order valence-corrected chi connectivity index (χ4v) is 4.34. The predicted molar refractivity (Wildman–Crippen MR) is 105 cm³/mol. The van der Waals surface area contributed by atoms with Crippen LogP contribution in [0, 0.1) is 11.8 Å². The van der Waals surface area contributed by atoms with Crippen molar-refractivity contribution < 1.29 is 8.94 Å². The highest BCUT2D eigenvalue weighted by atomic mass is 16.5. The van der Waals surface area contributed by atoms with Crippen LogP contribution in [0.3, 0.4) is 0 Å². The zero-order valence-corrected chi connectivity index (χ0v) is 16.3. The molecule has 2 aromatic heterocycles. The molecule has 2 saturated carbocycles. The number of aliphatic imine (C=N–C) groups is 1. The van der Waals surface area contributed by atoms with E-state index >= 15 is 0 Å². The molecule has 0 amide bonds. The van der Waals surface area contributed by atoms with Gasteiger partial charge in [-0.2, -0.15) is 0 Å². The van der Waals surface area contributed by atoms with E-state index in [1.54, 1.807) is 6.26 Å². The second-order valence-corrected chi connectivity index (χ2v) is 8.22. The second-order valence-electron chi connectivity index (χ2n) is 8.22. The number of hydrogen-bond acceptors (Lipinski definition) is 4. The van der Waals surface area contributed by atoms with E-state index in [1.807, 2.05) is 18.2 Å². The van der Waals surface area contributed by atoms with Gasteiger partial charge in [-0.1, -0.05) is 25.4 Å². The van der Waals surface area contributed by atoms with Gasteiger partial charge in [-0.25, -0.2) is 4.99 Å². The molecule has 4 rings (SSSR count). The summed E-state index contributed by atoms with van der Waals surface area (Å²) in [5, 5.41) is 11.3. The molecule has 2 aromatic rings. The minimum Gasteiger partial charge on any atom is -0.469 e. The highest BCUT2D eigenvalue weighted by Gasteiger charge is 2.39. The minimum absolute atomic E-state index is 0.365. The van der Waals surface area contributed by atoms with Crippen molar-refractivity contribution in [2.75, 3.05) is 6.54 Å². The van der Waals surface area contributed by atoms with Gasteiger partial charge in [0, 0.05) is 25.1 Å². The Hall–Kier alpha value is -2.24. The van der Waals surface area contributed by atoms with Crippen LogP contribution >= 0.6 is 0 Å². The van der Waals surface area contributed by atoms with Crippen LogP contribution in [0.5, 0.6) is 0 Å². The maximum Gasteiger partial charge on any atom is 0.191 e. The topological polar surface area (TPSA) is 75.6 Å². The molecular weight excluding hydrogens is 340 g/mol. The number of rotatable bonds is 7. The number of nitrogens with zero attached hydrogens (tertiary/aromatic N) is 2. The van der Waals surface area contributed by atoms with Crippen LogP contribution in [0.15, 0.2) is 38.4 Å². The molecule has 3 unspecified atom stereocenters. The molecule has 27 heavy (non-hydrogen) atoms. The first-order chi connectivity index (χ1) is 13.2. The largest absolute Gasteiger partial charge is 0.469 e. The van der Waals surface area contributed by atoms with Crippen molar-refractivity contribution >= 4 is 5.96 Å². The van der Waals surface area contributed by atoms with Gasteiger partial charge in [-0.05, 0) is 49.1 Å². The van der Waals surface area contributed by atoms with Gasteiger partial charge in [0.2, 0.25) is 0 Å². The van der Waals surface area contributed by atoms with Gasteiger partial charge in [-0.3, -0.25) is 0 Å².